The number of nitrogens with zero attached hydrogens (tertiary/aromatic N) is 1. The monoisotopic (exact) mass is 401 g/mol. The highest BCUT2D eigenvalue weighted by molar-refractivity contribution is 14.0. The number of guanidine groups is 1. The average molecular weight is 401 g/mol. The number of aliphatic imine (C=N–C) groups is 1. The van der Waals surface area contributed by atoms with E-state index in [-0.39, 0.29) is 29.7 Å². The first-order valence-corrected chi connectivity index (χ1v) is 7.72. The molecule has 110 valence electrons. The van der Waals surface area contributed by atoms with Gasteiger partial charge in [-0.3, -0.25) is 4.99 Å². The zero-order chi connectivity index (χ0) is 13.4. The Kier molecular flexibility index (Phi) is 8.81. The molecule has 0 atom stereocenters. The SMILES string of the molecule is CN=C(NCCCS(C)(=O)=O)NCc1ccco1.I. The van der Waals surface area contributed by atoms with Crippen LogP contribution in [0.1, 0.15) is 12.2 Å². The Hall–Kier alpha value is -0.770. The zero-order valence-electron chi connectivity index (χ0n) is 11.0. The van der Waals surface area contributed by atoms with Crippen LogP contribution in [-0.2, 0) is 16.4 Å². The summed E-state index contributed by atoms with van der Waals surface area (Å²) in [5.41, 5.74) is 0. The molecule has 0 radical (unpaired) electrons. The van der Waals surface area contributed by atoms with Crippen LogP contribution in [0.3, 0.4) is 0 Å². The van der Waals surface area contributed by atoms with Crippen molar-refractivity contribution in [3.05, 3.63) is 24.2 Å². The van der Waals surface area contributed by atoms with Crippen LogP contribution < -0.4 is 10.6 Å². The summed E-state index contributed by atoms with van der Waals surface area (Å²) in [6.45, 7) is 1.10. The summed E-state index contributed by atoms with van der Waals surface area (Å²) in [5.74, 6) is 1.61. The van der Waals surface area contributed by atoms with Gasteiger partial charge in [0.05, 0.1) is 18.6 Å². The van der Waals surface area contributed by atoms with Crippen molar-refractivity contribution < 1.29 is 12.8 Å². The standard InChI is InChI=1S/C11H19N3O3S.HI/c1-12-11(13-6-4-8-18(2,15)16)14-9-10-5-3-7-17-10;/h3,5,7H,4,6,8-9H2,1-2H3,(H2,12,13,14);1H. The third-order valence-electron chi connectivity index (χ3n) is 2.22. The molecular weight excluding hydrogens is 381 g/mol. The Balaban J connectivity index is 0.00000324. The van der Waals surface area contributed by atoms with Gasteiger partial charge < -0.3 is 15.1 Å². The van der Waals surface area contributed by atoms with E-state index in [1.807, 2.05) is 12.1 Å². The van der Waals surface area contributed by atoms with E-state index < -0.39 is 9.84 Å². The van der Waals surface area contributed by atoms with Crippen molar-refractivity contribution in [2.45, 2.75) is 13.0 Å². The summed E-state index contributed by atoms with van der Waals surface area (Å²) in [6, 6.07) is 3.68. The van der Waals surface area contributed by atoms with Gasteiger partial charge in [-0.15, -0.1) is 24.0 Å². The molecule has 1 aromatic rings. The van der Waals surface area contributed by atoms with Crippen LogP contribution in [0, 0.1) is 0 Å². The molecule has 2 N–H and O–H groups in total. The summed E-state index contributed by atoms with van der Waals surface area (Å²) in [6.07, 6.45) is 3.40. The van der Waals surface area contributed by atoms with Gasteiger partial charge in [0.25, 0.3) is 0 Å². The smallest absolute Gasteiger partial charge is 0.191 e. The molecule has 1 rings (SSSR count). The number of furan rings is 1. The van der Waals surface area contributed by atoms with E-state index >= 15 is 0 Å². The highest BCUT2D eigenvalue weighted by Gasteiger charge is 2.03. The summed E-state index contributed by atoms with van der Waals surface area (Å²) in [5, 5.41) is 6.10. The van der Waals surface area contributed by atoms with Gasteiger partial charge in [0.1, 0.15) is 15.6 Å². The molecule has 0 unspecified atom stereocenters. The van der Waals surface area contributed by atoms with E-state index in [1.54, 1.807) is 13.3 Å². The van der Waals surface area contributed by atoms with Crippen LogP contribution in [0.4, 0.5) is 0 Å². The van der Waals surface area contributed by atoms with Crippen molar-refractivity contribution in [3.63, 3.8) is 0 Å². The lowest BCUT2D eigenvalue weighted by Crippen LogP contribution is -2.37. The molecule has 0 bridgehead atoms. The van der Waals surface area contributed by atoms with Crippen molar-refractivity contribution in [1.29, 1.82) is 0 Å². The second kappa shape index (κ2) is 9.18. The Labute approximate surface area is 131 Å². The number of nitrogens with one attached hydrogen (secondary N) is 2. The maximum atomic E-state index is 10.9. The second-order valence-corrected chi connectivity index (χ2v) is 6.18. The van der Waals surface area contributed by atoms with E-state index in [4.69, 9.17) is 4.42 Å². The molecule has 0 aliphatic rings. The highest BCUT2D eigenvalue weighted by Crippen LogP contribution is 1.98. The molecule has 0 aliphatic carbocycles. The summed E-state index contributed by atoms with van der Waals surface area (Å²) < 4.78 is 27.1. The third kappa shape index (κ3) is 8.87. The maximum Gasteiger partial charge on any atom is 0.191 e. The summed E-state index contributed by atoms with van der Waals surface area (Å²) in [7, 11) is -1.23. The van der Waals surface area contributed by atoms with Gasteiger partial charge in [0.2, 0.25) is 0 Å². The van der Waals surface area contributed by atoms with Gasteiger partial charge in [-0.05, 0) is 18.6 Å². The minimum Gasteiger partial charge on any atom is -0.467 e. The molecule has 0 amide bonds. The van der Waals surface area contributed by atoms with Crippen molar-refractivity contribution >= 4 is 39.8 Å². The van der Waals surface area contributed by atoms with Gasteiger partial charge in [0.15, 0.2) is 5.96 Å². The molecule has 1 aromatic heterocycles. The molecule has 0 fully saturated rings. The first-order valence-electron chi connectivity index (χ1n) is 5.66. The number of halogens is 1. The van der Waals surface area contributed by atoms with Gasteiger partial charge >= 0.3 is 0 Å². The van der Waals surface area contributed by atoms with Gasteiger partial charge in [0, 0.05) is 19.8 Å². The van der Waals surface area contributed by atoms with Crippen molar-refractivity contribution in [2.75, 3.05) is 25.6 Å². The van der Waals surface area contributed by atoms with Gasteiger partial charge in [-0.25, -0.2) is 8.42 Å². The molecule has 8 heteroatoms. The van der Waals surface area contributed by atoms with E-state index in [0.717, 1.165) is 5.76 Å². The molecule has 0 saturated heterocycles. The molecule has 6 nitrogen and oxygen atoms in total. The molecule has 1 heterocycles. The van der Waals surface area contributed by atoms with Crippen LogP contribution in [0.5, 0.6) is 0 Å². The number of hydrogen-bond acceptors (Lipinski definition) is 4. The van der Waals surface area contributed by atoms with E-state index in [1.165, 1.54) is 6.26 Å². The summed E-state index contributed by atoms with van der Waals surface area (Å²) in [4.78, 5) is 4.02. The van der Waals surface area contributed by atoms with Crippen molar-refractivity contribution in [1.82, 2.24) is 10.6 Å². The van der Waals surface area contributed by atoms with E-state index in [9.17, 15) is 8.42 Å². The average Bonchev–Trinajstić information content (AvgIpc) is 2.79. The topological polar surface area (TPSA) is 83.7 Å². The van der Waals surface area contributed by atoms with Crippen LogP contribution >= 0.6 is 24.0 Å². The van der Waals surface area contributed by atoms with Crippen LogP contribution in [0.15, 0.2) is 27.8 Å². The number of hydrogen-bond donors (Lipinski definition) is 2. The van der Waals surface area contributed by atoms with Gasteiger partial charge in [-0.2, -0.15) is 0 Å². The molecule has 19 heavy (non-hydrogen) atoms. The zero-order valence-corrected chi connectivity index (χ0v) is 14.2. The Morgan fingerprint density at radius 1 is 1.42 bits per heavy atom. The molecule has 0 saturated carbocycles. The quantitative estimate of drug-likeness (QED) is 0.322. The van der Waals surface area contributed by atoms with Crippen molar-refractivity contribution in [2.24, 2.45) is 4.99 Å². The fraction of sp³-hybridized carbons (Fsp3) is 0.545. The number of sulfone groups is 1. The third-order valence-corrected chi connectivity index (χ3v) is 3.25. The number of rotatable bonds is 6. The normalized spacial score (nSPS) is 11.8. The predicted octanol–water partition coefficient (Wildman–Crippen LogP) is 0.997. The minimum atomic E-state index is -2.89. The first kappa shape index (κ1) is 18.2. The lowest BCUT2D eigenvalue weighted by atomic mass is 10.4. The van der Waals surface area contributed by atoms with E-state index in [2.05, 4.69) is 15.6 Å². The molecule has 0 aromatic carbocycles. The van der Waals surface area contributed by atoms with E-state index in [0.29, 0.717) is 25.5 Å². The fourth-order valence-corrected chi connectivity index (χ4v) is 2.01. The van der Waals surface area contributed by atoms with Gasteiger partial charge in [-0.1, -0.05) is 0 Å². The predicted molar refractivity (Wildman–Crippen MR) is 86.7 cm³/mol. The molecular formula is C11H20IN3O3S. The first-order chi connectivity index (χ1) is 8.51. The lowest BCUT2D eigenvalue weighted by molar-refractivity contribution is 0.501. The lowest BCUT2D eigenvalue weighted by Gasteiger charge is -2.10. The second-order valence-electron chi connectivity index (χ2n) is 3.92. The maximum absolute atomic E-state index is 10.9. The Morgan fingerprint density at radius 2 is 2.16 bits per heavy atom. The van der Waals surface area contributed by atoms with Crippen LogP contribution in [0.25, 0.3) is 0 Å². The molecule has 0 aliphatic heterocycles. The Bertz CT molecular complexity index is 471. The van der Waals surface area contributed by atoms with Crippen LogP contribution in [-0.4, -0.2) is 40.0 Å². The largest absolute Gasteiger partial charge is 0.467 e. The van der Waals surface area contributed by atoms with Crippen LogP contribution in [0.2, 0.25) is 0 Å². The highest BCUT2D eigenvalue weighted by atomic mass is 127. The fourth-order valence-electron chi connectivity index (χ4n) is 1.35. The van der Waals surface area contributed by atoms with Crippen molar-refractivity contribution in [3.8, 4) is 0 Å². The molecule has 0 spiro atoms. The summed E-state index contributed by atoms with van der Waals surface area (Å²) >= 11 is 0. The minimum absolute atomic E-state index is 0. The Morgan fingerprint density at radius 3 is 2.68 bits per heavy atom.